The smallest absolute Gasteiger partial charge is 0.196 e. The monoisotopic (exact) mass is 305 g/mol. The lowest BCUT2D eigenvalue weighted by molar-refractivity contribution is 0.785. The number of halogens is 1. The number of thiophene rings is 1. The maximum Gasteiger partial charge on any atom is 0.196 e. The normalized spacial score (nSPS) is 18.4. The zero-order valence-corrected chi connectivity index (χ0v) is 12.8. The van der Waals surface area contributed by atoms with E-state index < -0.39 is 0 Å². The number of hydrogen-bond acceptors (Lipinski definition) is 4. The fraction of sp³-hybridized carbons (Fsp3) is 0.267. The van der Waals surface area contributed by atoms with Crippen molar-refractivity contribution in [1.29, 1.82) is 0 Å². The Morgan fingerprint density at radius 1 is 1.35 bits per heavy atom. The van der Waals surface area contributed by atoms with Crippen LogP contribution in [0.1, 0.15) is 22.7 Å². The summed E-state index contributed by atoms with van der Waals surface area (Å²) in [7, 11) is 0. The van der Waals surface area contributed by atoms with Crippen molar-refractivity contribution in [2.75, 3.05) is 11.4 Å². The highest BCUT2D eigenvalue weighted by Gasteiger charge is 2.30. The fourth-order valence-electron chi connectivity index (χ4n) is 2.42. The Kier molecular flexibility index (Phi) is 3.68. The van der Waals surface area contributed by atoms with Crippen LogP contribution in [0, 0.1) is 0 Å². The molecule has 3 rings (SSSR count). The summed E-state index contributed by atoms with van der Waals surface area (Å²) in [6, 6.07) is 12.3. The minimum Gasteiger partial charge on any atom is -0.369 e. The number of anilines is 1. The Hall–Kier alpha value is -1.52. The molecule has 0 saturated heterocycles. The van der Waals surface area contributed by atoms with Crippen molar-refractivity contribution in [1.82, 2.24) is 0 Å². The van der Waals surface area contributed by atoms with Crippen LogP contribution in [0.2, 0.25) is 5.02 Å². The summed E-state index contributed by atoms with van der Waals surface area (Å²) in [5, 5.41) is 0.699. The SMILES string of the molecule is CCc1ccc(C2CN=C(N)N2c2ccccc2Cl)s1. The molecule has 1 unspecified atom stereocenters. The van der Waals surface area contributed by atoms with Gasteiger partial charge in [0.05, 0.1) is 23.3 Å². The Labute approximate surface area is 127 Å². The lowest BCUT2D eigenvalue weighted by Crippen LogP contribution is -2.36. The second kappa shape index (κ2) is 5.46. The Balaban J connectivity index is 1.98. The molecule has 1 aromatic heterocycles. The van der Waals surface area contributed by atoms with Crippen molar-refractivity contribution in [3.05, 3.63) is 51.2 Å². The van der Waals surface area contributed by atoms with Gasteiger partial charge in [0.25, 0.3) is 0 Å². The highest BCUT2D eigenvalue weighted by atomic mass is 35.5. The number of benzene rings is 1. The first kappa shape index (κ1) is 13.5. The number of aliphatic imine (C=N–C) groups is 1. The second-order valence-corrected chi connectivity index (χ2v) is 6.30. The number of hydrogen-bond donors (Lipinski definition) is 1. The molecule has 104 valence electrons. The average Bonchev–Trinajstić information content (AvgIpc) is 3.06. The standard InChI is InChI=1S/C15H16ClN3S/c1-2-10-7-8-14(20-10)13-9-18-15(17)19(13)12-6-4-3-5-11(12)16/h3-8,13H,2,9H2,1H3,(H2,17,18). The lowest BCUT2D eigenvalue weighted by Gasteiger charge is -2.26. The zero-order chi connectivity index (χ0) is 14.1. The van der Waals surface area contributed by atoms with Gasteiger partial charge in [0.15, 0.2) is 5.96 Å². The minimum atomic E-state index is 0.153. The Morgan fingerprint density at radius 3 is 2.85 bits per heavy atom. The molecule has 0 saturated carbocycles. The van der Waals surface area contributed by atoms with Crippen molar-refractivity contribution >= 4 is 34.6 Å². The summed E-state index contributed by atoms with van der Waals surface area (Å²) in [5.41, 5.74) is 6.99. The van der Waals surface area contributed by atoms with E-state index in [1.807, 2.05) is 40.5 Å². The van der Waals surface area contributed by atoms with Gasteiger partial charge in [-0.2, -0.15) is 0 Å². The zero-order valence-electron chi connectivity index (χ0n) is 11.2. The third kappa shape index (κ3) is 2.30. The van der Waals surface area contributed by atoms with E-state index in [-0.39, 0.29) is 6.04 Å². The first-order valence-corrected chi connectivity index (χ1v) is 7.82. The summed E-state index contributed by atoms with van der Waals surface area (Å²) in [5.74, 6) is 0.537. The van der Waals surface area contributed by atoms with E-state index >= 15 is 0 Å². The minimum absolute atomic E-state index is 0.153. The van der Waals surface area contributed by atoms with Crippen LogP contribution in [0.3, 0.4) is 0 Å². The van der Waals surface area contributed by atoms with E-state index in [9.17, 15) is 0 Å². The van der Waals surface area contributed by atoms with E-state index in [1.54, 1.807) is 0 Å². The van der Waals surface area contributed by atoms with Gasteiger partial charge < -0.3 is 10.6 Å². The summed E-state index contributed by atoms with van der Waals surface area (Å²) in [6.45, 7) is 2.85. The van der Waals surface area contributed by atoms with Gasteiger partial charge in [-0.3, -0.25) is 4.99 Å². The molecule has 0 aliphatic carbocycles. The van der Waals surface area contributed by atoms with Gasteiger partial charge in [0, 0.05) is 9.75 Å². The predicted octanol–water partition coefficient (Wildman–Crippen LogP) is 3.84. The molecule has 1 aliphatic rings. The van der Waals surface area contributed by atoms with E-state index in [0.717, 1.165) is 12.1 Å². The summed E-state index contributed by atoms with van der Waals surface area (Å²) in [6.07, 6.45) is 1.06. The molecule has 3 nitrogen and oxygen atoms in total. The van der Waals surface area contributed by atoms with Crippen LogP contribution < -0.4 is 10.6 Å². The number of nitrogens with zero attached hydrogens (tertiary/aromatic N) is 2. The summed E-state index contributed by atoms with van der Waals surface area (Å²) in [4.78, 5) is 9.09. The first-order chi connectivity index (χ1) is 9.70. The van der Waals surface area contributed by atoms with E-state index in [1.165, 1.54) is 9.75 Å². The van der Waals surface area contributed by atoms with Gasteiger partial charge in [0.1, 0.15) is 0 Å². The molecule has 2 heterocycles. The molecule has 20 heavy (non-hydrogen) atoms. The molecule has 0 fully saturated rings. The van der Waals surface area contributed by atoms with Crippen molar-refractivity contribution in [3.8, 4) is 0 Å². The average molecular weight is 306 g/mol. The van der Waals surface area contributed by atoms with Gasteiger partial charge in [-0.05, 0) is 30.7 Å². The molecule has 1 aliphatic heterocycles. The number of para-hydroxylation sites is 1. The molecule has 0 radical (unpaired) electrons. The molecule has 2 aromatic rings. The summed E-state index contributed by atoms with van der Waals surface area (Å²) < 4.78 is 0. The van der Waals surface area contributed by atoms with Crippen molar-refractivity contribution in [3.63, 3.8) is 0 Å². The van der Waals surface area contributed by atoms with Crippen LogP contribution in [0.4, 0.5) is 5.69 Å². The van der Waals surface area contributed by atoms with E-state index in [2.05, 4.69) is 24.0 Å². The van der Waals surface area contributed by atoms with Crippen molar-refractivity contribution in [2.45, 2.75) is 19.4 Å². The molecule has 0 spiro atoms. The number of rotatable bonds is 3. The second-order valence-electron chi connectivity index (χ2n) is 4.69. The topological polar surface area (TPSA) is 41.6 Å². The largest absolute Gasteiger partial charge is 0.369 e. The van der Waals surface area contributed by atoms with E-state index in [0.29, 0.717) is 17.5 Å². The number of guanidine groups is 1. The van der Waals surface area contributed by atoms with Crippen molar-refractivity contribution < 1.29 is 0 Å². The van der Waals surface area contributed by atoms with Gasteiger partial charge in [0.2, 0.25) is 0 Å². The molecule has 5 heteroatoms. The molecular formula is C15H16ClN3S. The van der Waals surface area contributed by atoms with Gasteiger partial charge in [-0.1, -0.05) is 30.7 Å². The molecule has 2 N–H and O–H groups in total. The van der Waals surface area contributed by atoms with Crippen LogP contribution in [-0.4, -0.2) is 12.5 Å². The maximum atomic E-state index is 6.31. The maximum absolute atomic E-state index is 6.31. The highest BCUT2D eigenvalue weighted by Crippen LogP contribution is 2.37. The van der Waals surface area contributed by atoms with Crippen molar-refractivity contribution in [2.24, 2.45) is 10.7 Å². The molecular weight excluding hydrogens is 290 g/mol. The number of nitrogens with two attached hydrogens (primary N) is 1. The van der Waals surface area contributed by atoms with Gasteiger partial charge in [-0.25, -0.2) is 0 Å². The number of aryl methyl sites for hydroxylation is 1. The van der Waals surface area contributed by atoms with Crippen LogP contribution in [0.15, 0.2) is 41.4 Å². The summed E-state index contributed by atoms with van der Waals surface area (Å²) >= 11 is 8.13. The van der Waals surface area contributed by atoms with E-state index in [4.69, 9.17) is 17.3 Å². The van der Waals surface area contributed by atoms with Crippen LogP contribution in [0.5, 0.6) is 0 Å². The Bertz CT molecular complexity index is 650. The van der Waals surface area contributed by atoms with Gasteiger partial charge >= 0.3 is 0 Å². The fourth-order valence-corrected chi connectivity index (χ4v) is 3.68. The molecule has 0 bridgehead atoms. The highest BCUT2D eigenvalue weighted by molar-refractivity contribution is 7.12. The third-order valence-electron chi connectivity index (χ3n) is 3.46. The van der Waals surface area contributed by atoms with Gasteiger partial charge in [-0.15, -0.1) is 11.3 Å². The molecule has 1 atom stereocenters. The molecule has 1 aromatic carbocycles. The predicted molar refractivity (Wildman–Crippen MR) is 86.9 cm³/mol. The Morgan fingerprint density at radius 2 is 2.15 bits per heavy atom. The lowest BCUT2D eigenvalue weighted by atomic mass is 10.2. The van der Waals surface area contributed by atoms with Crippen LogP contribution in [0.25, 0.3) is 0 Å². The quantitative estimate of drug-likeness (QED) is 0.936. The molecule has 0 amide bonds. The van der Waals surface area contributed by atoms with Crippen LogP contribution in [-0.2, 0) is 6.42 Å². The third-order valence-corrected chi connectivity index (χ3v) is 5.11. The van der Waals surface area contributed by atoms with Crippen LogP contribution >= 0.6 is 22.9 Å². The first-order valence-electron chi connectivity index (χ1n) is 6.63.